The van der Waals surface area contributed by atoms with E-state index in [1.165, 1.54) is 4.90 Å². The summed E-state index contributed by atoms with van der Waals surface area (Å²) < 4.78 is 28.8. The molecule has 7 nitrogen and oxygen atoms in total. The van der Waals surface area contributed by atoms with Crippen molar-refractivity contribution in [2.45, 2.75) is 59.0 Å². The second-order valence-electron chi connectivity index (χ2n) is 10.4. The summed E-state index contributed by atoms with van der Waals surface area (Å²) >= 11 is 0. The molecule has 0 aliphatic heterocycles. The van der Waals surface area contributed by atoms with E-state index in [0.29, 0.717) is 12.2 Å². The molecule has 1 N–H and O–H groups in total. The Balaban J connectivity index is 2.01. The number of aryl methyl sites for hydroxylation is 3. The Labute approximate surface area is 232 Å². The molecule has 0 aromatic heterocycles. The van der Waals surface area contributed by atoms with E-state index in [0.717, 1.165) is 26.6 Å². The molecule has 0 bridgehead atoms. The maximum atomic E-state index is 14.0. The van der Waals surface area contributed by atoms with Crippen molar-refractivity contribution < 1.29 is 18.0 Å². The van der Waals surface area contributed by atoms with E-state index in [1.54, 1.807) is 43.3 Å². The molecular formula is C31H39N3O4S. The normalized spacial score (nSPS) is 12.2. The molecule has 0 fully saturated rings. The standard InChI is InChI=1S/C31H39N3O4S/c1-22(2)19-32-31(36)26(6)33(20-27-10-8-7-9-25(27)5)30(35)21-34(28-15-11-23(3)12-16-28)39(37,38)29-17-13-24(4)14-18-29/h7-18,22,26H,19-21H2,1-6H3,(H,32,36)/t26-/m0/s1. The van der Waals surface area contributed by atoms with Gasteiger partial charge in [0.2, 0.25) is 11.8 Å². The lowest BCUT2D eigenvalue weighted by Gasteiger charge is -2.32. The Morgan fingerprint density at radius 1 is 0.821 bits per heavy atom. The van der Waals surface area contributed by atoms with Crippen LogP contribution in [-0.2, 0) is 26.2 Å². The van der Waals surface area contributed by atoms with E-state index in [-0.39, 0.29) is 23.3 Å². The van der Waals surface area contributed by atoms with Gasteiger partial charge in [-0.05, 0) is 69.0 Å². The highest BCUT2D eigenvalue weighted by Gasteiger charge is 2.32. The lowest BCUT2D eigenvalue weighted by molar-refractivity contribution is -0.139. The Morgan fingerprint density at radius 2 is 1.38 bits per heavy atom. The number of amides is 2. The lowest BCUT2D eigenvalue weighted by Crippen LogP contribution is -2.51. The third kappa shape index (κ3) is 7.69. The monoisotopic (exact) mass is 549 g/mol. The Morgan fingerprint density at radius 3 is 1.95 bits per heavy atom. The van der Waals surface area contributed by atoms with Crippen LogP contribution in [0.15, 0.2) is 77.7 Å². The molecule has 3 aromatic rings. The molecule has 39 heavy (non-hydrogen) atoms. The van der Waals surface area contributed by atoms with Gasteiger partial charge < -0.3 is 10.2 Å². The number of nitrogens with one attached hydrogen (secondary N) is 1. The molecule has 0 saturated carbocycles. The SMILES string of the molecule is Cc1ccc(N(CC(=O)N(Cc2ccccc2C)[C@@H](C)C(=O)NCC(C)C)S(=O)(=O)c2ccc(C)cc2)cc1. The first-order valence-corrected chi connectivity index (χ1v) is 14.6. The fourth-order valence-corrected chi connectivity index (χ4v) is 5.50. The molecular weight excluding hydrogens is 510 g/mol. The van der Waals surface area contributed by atoms with Crippen LogP contribution in [0.4, 0.5) is 5.69 Å². The zero-order chi connectivity index (χ0) is 28.7. The van der Waals surface area contributed by atoms with Crippen LogP contribution < -0.4 is 9.62 Å². The molecule has 0 aliphatic rings. The van der Waals surface area contributed by atoms with Gasteiger partial charge in [-0.15, -0.1) is 0 Å². The number of anilines is 1. The number of hydrogen-bond acceptors (Lipinski definition) is 4. The smallest absolute Gasteiger partial charge is 0.264 e. The summed E-state index contributed by atoms with van der Waals surface area (Å²) in [6, 6.07) is 20.4. The Kier molecular flexibility index (Phi) is 9.92. The quantitative estimate of drug-likeness (QED) is 0.365. The van der Waals surface area contributed by atoms with Crippen LogP contribution in [0.3, 0.4) is 0 Å². The maximum absolute atomic E-state index is 14.0. The fraction of sp³-hybridized carbons (Fsp3) is 0.355. The van der Waals surface area contributed by atoms with Gasteiger partial charge in [0.1, 0.15) is 12.6 Å². The second kappa shape index (κ2) is 12.9. The van der Waals surface area contributed by atoms with Crippen LogP contribution in [0, 0.1) is 26.7 Å². The molecule has 0 spiro atoms. The lowest BCUT2D eigenvalue weighted by atomic mass is 10.1. The molecule has 0 aliphatic carbocycles. The molecule has 0 unspecified atom stereocenters. The molecule has 1 atom stereocenters. The Hall–Kier alpha value is -3.65. The largest absolute Gasteiger partial charge is 0.354 e. The van der Waals surface area contributed by atoms with Gasteiger partial charge >= 0.3 is 0 Å². The maximum Gasteiger partial charge on any atom is 0.264 e. The zero-order valence-corrected chi connectivity index (χ0v) is 24.5. The topological polar surface area (TPSA) is 86.8 Å². The molecule has 208 valence electrons. The van der Waals surface area contributed by atoms with Crippen LogP contribution in [0.2, 0.25) is 0 Å². The number of nitrogens with zero attached hydrogens (tertiary/aromatic N) is 2. The van der Waals surface area contributed by atoms with Crippen LogP contribution in [0.5, 0.6) is 0 Å². The summed E-state index contributed by atoms with van der Waals surface area (Å²) in [4.78, 5) is 28.6. The van der Waals surface area contributed by atoms with E-state index >= 15 is 0 Å². The first-order valence-electron chi connectivity index (χ1n) is 13.2. The molecule has 0 heterocycles. The first kappa shape index (κ1) is 29.9. The van der Waals surface area contributed by atoms with Crippen LogP contribution >= 0.6 is 0 Å². The van der Waals surface area contributed by atoms with Crippen molar-refractivity contribution in [3.63, 3.8) is 0 Å². The minimum Gasteiger partial charge on any atom is -0.354 e. The van der Waals surface area contributed by atoms with Crippen LogP contribution in [0.1, 0.15) is 43.0 Å². The van der Waals surface area contributed by atoms with Gasteiger partial charge in [-0.2, -0.15) is 0 Å². The fourth-order valence-electron chi connectivity index (χ4n) is 4.08. The number of carbonyl (C=O) groups is 2. The van der Waals surface area contributed by atoms with E-state index in [4.69, 9.17) is 0 Å². The summed E-state index contributed by atoms with van der Waals surface area (Å²) in [5, 5.41) is 2.91. The summed E-state index contributed by atoms with van der Waals surface area (Å²) in [5.74, 6) is -0.506. The van der Waals surface area contributed by atoms with Gasteiger partial charge in [0.05, 0.1) is 10.6 Å². The predicted octanol–water partition coefficient (Wildman–Crippen LogP) is 5.00. The van der Waals surface area contributed by atoms with Gasteiger partial charge in [-0.25, -0.2) is 8.42 Å². The number of rotatable bonds is 11. The van der Waals surface area contributed by atoms with Gasteiger partial charge in [0, 0.05) is 13.1 Å². The number of carbonyl (C=O) groups excluding carboxylic acids is 2. The number of benzene rings is 3. The molecule has 3 rings (SSSR count). The van der Waals surface area contributed by atoms with Gasteiger partial charge in [-0.1, -0.05) is 73.5 Å². The van der Waals surface area contributed by atoms with Gasteiger partial charge in [-0.3, -0.25) is 13.9 Å². The molecule has 3 aromatic carbocycles. The summed E-state index contributed by atoms with van der Waals surface area (Å²) in [7, 11) is -4.08. The Bertz CT molecular complexity index is 1380. The predicted molar refractivity (Wildman–Crippen MR) is 156 cm³/mol. The molecule has 8 heteroatoms. The van der Waals surface area contributed by atoms with Crippen molar-refractivity contribution in [3.8, 4) is 0 Å². The highest BCUT2D eigenvalue weighted by molar-refractivity contribution is 7.92. The zero-order valence-electron chi connectivity index (χ0n) is 23.6. The van der Waals surface area contributed by atoms with Crippen molar-refractivity contribution >= 4 is 27.5 Å². The van der Waals surface area contributed by atoms with Gasteiger partial charge in [0.25, 0.3) is 10.0 Å². The van der Waals surface area contributed by atoms with Crippen LogP contribution in [0.25, 0.3) is 0 Å². The van der Waals surface area contributed by atoms with E-state index < -0.39 is 28.5 Å². The highest BCUT2D eigenvalue weighted by atomic mass is 32.2. The van der Waals surface area contributed by atoms with E-state index in [2.05, 4.69) is 5.32 Å². The minimum absolute atomic E-state index is 0.0923. The van der Waals surface area contributed by atoms with Crippen molar-refractivity contribution in [1.29, 1.82) is 0 Å². The first-order chi connectivity index (χ1) is 18.4. The average molecular weight is 550 g/mol. The summed E-state index contributed by atoms with van der Waals surface area (Å²) in [5.41, 5.74) is 4.14. The van der Waals surface area contributed by atoms with Crippen LogP contribution in [-0.4, -0.2) is 44.3 Å². The summed E-state index contributed by atoms with van der Waals surface area (Å²) in [6.07, 6.45) is 0. The third-order valence-electron chi connectivity index (χ3n) is 6.66. The minimum atomic E-state index is -4.08. The molecule has 0 saturated heterocycles. The van der Waals surface area contributed by atoms with Crippen molar-refractivity contribution in [2.24, 2.45) is 5.92 Å². The second-order valence-corrected chi connectivity index (χ2v) is 12.3. The van der Waals surface area contributed by atoms with E-state index in [9.17, 15) is 18.0 Å². The van der Waals surface area contributed by atoms with Crippen molar-refractivity contribution in [1.82, 2.24) is 10.2 Å². The van der Waals surface area contributed by atoms with Crippen molar-refractivity contribution in [3.05, 3.63) is 95.1 Å². The molecule has 0 radical (unpaired) electrons. The van der Waals surface area contributed by atoms with Crippen molar-refractivity contribution in [2.75, 3.05) is 17.4 Å². The summed E-state index contributed by atoms with van der Waals surface area (Å²) in [6.45, 7) is 11.6. The molecule has 2 amide bonds. The number of hydrogen-bond donors (Lipinski definition) is 1. The van der Waals surface area contributed by atoms with Gasteiger partial charge in [0.15, 0.2) is 0 Å². The average Bonchev–Trinajstić information content (AvgIpc) is 2.90. The third-order valence-corrected chi connectivity index (χ3v) is 8.45. The number of sulfonamides is 1. The van der Waals surface area contributed by atoms with E-state index in [1.807, 2.05) is 71.0 Å². The highest BCUT2D eigenvalue weighted by Crippen LogP contribution is 2.25.